The highest BCUT2D eigenvalue weighted by Gasteiger charge is 2.11. The Morgan fingerprint density at radius 3 is 2.73 bits per heavy atom. The van der Waals surface area contributed by atoms with E-state index >= 15 is 0 Å². The lowest BCUT2D eigenvalue weighted by Gasteiger charge is -2.13. The maximum absolute atomic E-state index is 11.8. The van der Waals surface area contributed by atoms with E-state index in [1.165, 1.54) is 13.4 Å². The molecular formula is C16H20N4O2. The fraction of sp³-hybridized carbons (Fsp3) is 0.312. The second-order valence-electron chi connectivity index (χ2n) is 4.90. The van der Waals surface area contributed by atoms with Gasteiger partial charge in [-0.3, -0.25) is 0 Å². The van der Waals surface area contributed by atoms with Crippen molar-refractivity contribution in [1.29, 1.82) is 0 Å². The second kappa shape index (κ2) is 7.40. The highest BCUT2D eigenvalue weighted by atomic mass is 16.5. The molecule has 2 aromatic rings. The lowest BCUT2D eigenvalue weighted by Crippen LogP contribution is -2.14. The third-order valence-corrected chi connectivity index (χ3v) is 3.27. The summed E-state index contributed by atoms with van der Waals surface area (Å²) in [5.74, 6) is 0.953. The molecule has 6 nitrogen and oxygen atoms in total. The average Bonchev–Trinajstić information content (AvgIpc) is 2.55. The quantitative estimate of drug-likeness (QED) is 0.798. The molecule has 0 saturated carbocycles. The highest BCUT2D eigenvalue weighted by molar-refractivity contribution is 5.96. The van der Waals surface area contributed by atoms with Gasteiger partial charge in [0.2, 0.25) is 0 Å². The van der Waals surface area contributed by atoms with Gasteiger partial charge in [0.1, 0.15) is 18.0 Å². The van der Waals surface area contributed by atoms with Crippen LogP contribution in [0.5, 0.6) is 0 Å². The van der Waals surface area contributed by atoms with Gasteiger partial charge in [0.15, 0.2) is 0 Å². The summed E-state index contributed by atoms with van der Waals surface area (Å²) in [7, 11) is 1.36. The van der Waals surface area contributed by atoms with Crippen molar-refractivity contribution in [2.75, 3.05) is 17.7 Å². The Labute approximate surface area is 129 Å². The van der Waals surface area contributed by atoms with Crippen LogP contribution in [0.4, 0.5) is 17.3 Å². The first-order valence-electron chi connectivity index (χ1n) is 7.17. The number of ether oxygens (including phenoxy) is 1. The number of nitrogens with one attached hydrogen (secondary N) is 2. The number of hydrogen-bond donors (Lipinski definition) is 2. The number of anilines is 3. The van der Waals surface area contributed by atoms with Gasteiger partial charge in [0.25, 0.3) is 0 Å². The standard InChI is InChI=1S/C16H20N4O2/c1-4-11(2)19-14-9-15(18-10-17-14)20-13-8-6-5-7-12(13)16(21)22-3/h5-11H,4H2,1-3H3,(H2,17,18,19,20). The highest BCUT2D eigenvalue weighted by Crippen LogP contribution is 2.21. The molecule has 0 aliphatic heterocycles. The van der Waals surface area contributed by atoms with E-state index in [0.717, 1.165) is 12.2 Å². The van der Waals surface area contributed by atoms with Crippen LogP contribution in [-0.4, -0.2) is 29.1 Å². The molecule has 0 bridgehead atoms. The van der Waals surface area contributed by atoms with Crippen LogP contribution < -0.4 is 10.6 Å². The van der Waals surface area contributed by atoms with Crippen molar-refractivity contribution in [1.82, 2.24) is 9.97 Å². The molecule has 1 aromatic carbocycles. The van der Waals surface area contributed by atoms with Crippen LogP contribution in [0, 0.1) is 0 Å². The van der Waals surface area contributed by atoms with Crippen molar-refractivity contribution < 1.29 is 9.53 Å². The van der Waals surface area contributed by atoms with Crippen LogP contribution in [0.3, 0.4) is 0 Å². The van der Waals surface area contributed by atoms with Gasteiger partial charge in [0.05, 0.1) is 18.4 Å². The molecular weight excluding hydrogens is 280 g/mol. The summed E-state index contributed by atoms with van der Waals surface area (Å²) in [6.07, 6.45) is 2.48. The fourth-order valence-electron chi connectivity index (χ4n) is 1.88. The molecule has 0 fully saturated rings. The predicted molar refractivity (Wildman–Crippen MR) is 86.5 cm³/mol. The predicted octanol–water partition coefficient (Wildman–Crippen LogP) is 3.22. The van der Waals surface area contributed by atoms with Crippen LogP contribution in [0.1, 0.15) is 30.6 Å². The number of benzene rings is 1. The minimum Gasteiger partial charge on any atom is -0.465 e. The fourth-order valence-corrected chi connectivity index (χ4v) is 1.88. The second-order valence-corrected chi connectivity index (χ2v) is 4.90. The number of esters is 1. The number of rotatable bonds is 6. The maximum Gasteiger partial charge on any atom is 0.339 e. The molecule has 22 heavy (non-hydrogen) atoms. The molecule has 0 radical (unpaired) electrons. The number of para-hydroxylation sites is 1. The molecule has 116 valence electrons. The molecule has 1 aromatic heterocycles. The average molecular weight is 300 g/mol. The van der Waals surface area contributed by atoms with Crippen molar-refractivity contribution in [3.05, 3.63) is 42.2 Å². The van der Waals surface area contributed by atoms with E-state index in [0.29, 0.717) is 23.1 Å². The molecule has 6 heteroatoms. The van der Waals surface area contributed by atoms with Crippen LogP contribution in [0.15, 0.2) is 36.7 Å². The molecule has 2 N–H and O–H groups in total. The van der Waals surface area contributed by atoms with Crippen molar-refractivity contribution in [2.24, 2.45) is 0 Å². The first-order valence-corrected chi connectivity index (χ1v) is 7.17. The number of methoxy groups -OCH3 is 1. The SMILES string of the molecule is CCC(C)Nc1cc(Nc2ccccc2C(=O)OC)ncn1. The summed E-state index contributed by atoms with van der Waals surface area (Å²) >= 11 is 0. The Morgan fingerprint density at radius 2 is 2.00 bits per heavy atom. The first kappa shape index (κ1) is 15.8. The Balaban J connectivity index is 2.21. The topological polar surface area (TPSA) is 76.1 Å². The van der Waals surface area contributed by atoms with E-state index in [2.05, 4.69) is 34.4 Å². The minimum absolute atomic E-state index is 0.324. The van der Waals surface area contributed by atoms with Crippen molar-refractivity contribution in [3.63, 3.8) is 0 Å². The number of aromatic nitrogens is 2. The molecule has 0 amide bonds. The van der Waals surface area contributed by atoms with E-state index in [4.69, 9.17) is 4.74 Å². The number of carbonyl (C=O) groups excluding carboxylic acids is 1. The first-order chi connectivity index (χ1) is 10.6. The monoisotopic (exact) mass is 300 g/mol. The Hall–Kier alpha value is -2.63. The van der Waals surface area contributed by atoms with Gasteiger partial charge in [-0.1, -0.05) is 19.1 Å². The van der Waals surface area contributed by atoms with Gasteiger partial charge >= 0.3 is 5.97 Å². The van der Waals surface area contributed by atoms with E-state index in [-0.39, 0.29) is 0 Å². The lowest BCUT2D eigenvalue weighted by molar-refractivity contribution is 0.0602. The molecule has 0 saturated heterocycles. The van der Waals surface area contributed by atoms with E-state index in [1.54, 1.807) is 24.3 Å². The van der Waals surface area contributed by atoms with Crippen LogP contribution >= 0.6 is 0 Å². The Kier molecular flexibility index (Phi) is 5.30. The zero-order valence-corrected chi connectivity index (χ0v) is 13.0. The molecule has 0 aliphatic rings. The van der Waals surface area contributed by atoms with Gasteiger partial charge in [-0.25, -0.2) is 14.8 Å². The van der Waals surface area contributed by atoms with Crippen molar-refractivity contribution in [3.8, 4) is 0 Å². The van der Waals surface area contributed by atoms with Gasteiger partial charge < -0.3 is 15.4 Å². The van der Waals surface area contributed by atoms with E-state index in [1.807, 2.05) is 6.07 Å². The van der Waals surface area contributed by atoms with Gasteiger partial charge in [-0.05, 0) is 25.5 Å². The number of nitrogens with zero attached hydrogens (tertiary/aromatic N) is 2. The Bertz CT molecular complexity index is 646. The largest absolute Gasteiger partial charge is 0.465 e. The van der Waals surface area contributed by atoms with Gasteiger partial charge in [0, 0.05) is 12.1 Å². The van der Waals surface area contributed by atoms with E-state index < -0.39 is 5.97 Å². The zero-order valence-electron chi connectivity index (χ0n) is 13.0. The molecule has 0 aliphatic carbocycles. The van der Waals surface area contributed by atoms with Gasteiger partial charge in [-0.2, -0.15) is 0 Å². The van der Waals surface area contributed by atoms with Crippen molar-refractivity contribution >= 4 is 23.3 Å². The molecule has 1 unspecified atom stereocenters. The van der Waals surface area contributed by atoms with Crippen LogP contribution in [-0.2, 0) is 4.74 Å². The number of carbonyl (C=O) groups is 1. The normalized spacial score (nSPS) is 11.6. The van der Waals surface area contributed by atoms with E-state index in [9.17, 15) is 4.79 Å². The van der Waals surface area contributed by atoms with Gasteiger partial charge in [-0.15, -0.1) is 0 Å². The maximum atomic E-state index is 11.8. The van der Waals surface area contributed by atoms with Crippen LogP contribution in [0.2, 0.25) is 0 Å². The van der Waals surface area contributed by atoms with Crippen LogP contribution in [0.25, 0.3) is 0 Å². The Morgan fingerprint density at radius 1 is 1.27 bits per heavy atom. The minimum atomic E-state index is -0.393. The number of hydrogen-bond acceptors (Lipinski definition) is 6. The smallest absolute Gasteiger partial charge is 0.339 e. The third-order valence-electron chi connectivity index (χ3n) is 3.27. The summed E-state index contributed by atoms with van der Waals surface area (Å²) in [4.78, 5) is 20.1. The third kappa shape index (κ3) is 3.94. The summed E-state index contributed by atoms with van der Waals surface area (Å²) in [6, 6.07) is 9.26. The summed E-state index contributed by atoms with van der Waals surface area (Å²) < 4.78 is 4.78. The summed E-state index contributed by atoms with van der Waals surface area (Å²) in [5.41, 5.74) is 1.10. The molecule has 2 rings (SSSR count). The zero-order chi connectivity index (χ0) is 15.9. The lowest BCUT2D eigenvalue weighted by atomic mass is 10.2. The molecule has 0 spiro atoms. The molecule has 1 atom stereocenters. The van der Waals surface area contributed by atoms with Crippen molar-refractivity contribution in [2.45, 2.75) is 26.3 Å². The summed E-state index contributed by atoms with van der Waals surface area (Å²) in [6.45, 7) is 4.19. The summed E-state index contributed by atoms with van der Waals surface area (Å²) in [5, 5.41) is 6.41. The molecule has 1 heterocycles.